The number of aliphatic hydroxyl groups excluding tert-OH is 1. The Kier molecular flexibility index (Phi) is 8.05. The number of hydrogen-bond acceptors (Lipinski definition) is 3. The van der Waals surface area contributed by atoms with Gasteiger partial charge in [0.15, 0.2) is 5.96 Å². The van der Waals surface area contributed by atoms with Crippen molar-refractivity contribution in [1.82, 2.24) is 15.5 Å². The maximum absolute atomic E-state index is 10.2. The van der Waals surface area contributed by atoms with Crippen molar-refractivity contribution in [2.45, 2.75) is 45.3 Å². The fraction of sp³-hybridized carbons (Fsp3) is 0.632. The van der Waals surface area contributed by atoms with E-state index in [0.29, 0.717) is 13.0 Å². The van der Waals surface area contributed by atoms with Crippen LogP contribution in [0.1, 0.15) is 44.8 Å². The molecule has 1 saturated carbocycles. The van der Waals surface area contributed by atoms with E-state index in [-0.39, 0.29) is 0 Å². The Morgan fingerprint density at radius 2 is 2.00 bits per heavy atom. The predicted octanol–water partition coefficient (Wildman–Crippen LogP) is 2.15. The molecule has 0 bridgehead atoms. The van der Waals surface area contributed by atoms with E-state index < -0.39 is 6.10 Å². The van der Waals surface area contributed by atoms with E-state index in [9.17, 15) is 5.11 Å². The van der Waals surface area contributed by atoms with Crippen LogP contribution in [-0.2, 0) is 0 Å². The zero-order valence-corrected chi connectivity index (χ0v) is 15.0. The number of likely N-dealkylation sites (N-methyl/N-ethyl adjacent to an activating group) is 1. The van der Waals surface area contributed by atoms with E-state index in [4.69, 9.17) is 0 Å². The fourth-order valence-corrected chi connectivity index (χ4v) is 2.84. The van der Waals surface area contributed by atoms with Crippen LogP contribution in [0.4, 0.5) is 0 Å². The number of nitrogens with zero attached hydrogens (tertiary/aromatic N) is 2. The lowest BCUT2D eigenvalue weighted by Gasteiger charge is -2.20. The molecule has 1 aromatic carbocycles. The van der Waals surface area contributed by atoms with Gasteiger partial charge in [0, 0.05) is 32.2 Å². The highest BCUT2D eigenvalue weighted by Gasteiger charge is 2.27. The molecule has 0 spiro atoms. The Balaban J connectivity index is 1.73. The lowest BCUT2D eigenvalue weighted by atomic mass is 10.1. The zero-order chi connectivity index (χ0) is 17.2. The van der Waals surface area contributed by atoms with Crippen LogP contribution in [0.5, 0.6) is 0 Å². The molecule has 0 aromatic heterocycles. The largest absolute Gasteiger partial charge is 0.388 e. The standard InChI is InChI=1S/C19H32N4O/c1-3-20-19(22-14-15-23(4-2)17-10-11-17)21-13-12-18(24)16-8-6-5-7-9-16/h5-9,17-18,24H,3-4,10-15H2,1-2H3,(H2,20,21,22). The Morgan fingerprint density at radius 3 is 2.62 bits per heavy atom. The van der Waals surface area contributed by atoms with Gasteiger partial charge in [0.1, 0.15) is 0 Å². The molecule has 0 aliphatic heterocycles. The molecule has 0 radical (unpaired) electrons. The first kappa shape index (κ1) is 18.7. The van der Waals surface area contributed by atoms with Gasteiger partial charge in [-0.3, -0.25) is 9.89 Å². The van der Waals surface area contributed by atoms with Crippen molar-refractivity contribution in [2.24, 2.45) is 4.99 Å². The average molecular weight is 332 g/mol. The van der Waals surface area contributed by atoms with Crippen molar-refractivity contribution in [3.63, 3.8) is 0 Å². The summed E-state index contributed by atoms with van der Waals surface area (Å²) in [7, 11) is 0. The number of aliphatic hydroxyl groups is 1. The summed E-state index contributed by atoms with van der Waals surface area (Å²) in [5.74, 6) is 0.838. The molecule has 0 heterocycles. The molecule has 5 heteroatoms. The van der Waals surface area contributed by atoms with Gasteiger partial charge in [-0.2, -0.15) is 0 Å². The van der Waals surface area contributed by atoms with Crippen LogP contribution in [0.15, 0.2) is 35.3 Å². The van der Waals surface area contributed by atoms with Gasteiger partial charge in [-0.15, -0.1) is 0 Å². The van der Waals surface area contributed by atoms with Gasteiger partial charge in [0.25, 0.3) is 0 Å². The SMILES string of the molecule is CCNC(=NCCC(O)c1ccccc1)NCCN(CC)C1CC1. The van der Waals surface area contributed by atoms with Crippen molar-refractivity contribution in [1.29, 1.82) is 0 Å². The minimum absolute atomic E-state index is 0.455. The summed E-state index contributed by atoms with van der Waals surface area (Å²) < 4.78 is 0. The van der Waals surface area contributed by atoms with E-state index in [1.54, 1.807) is 0 Å². The van der Waals surface area contributed by atoms with Gasteiger partial charge in [-0.1, -0.05) is 37.3 Å². The molecule has 1 aliphatic carbocycles. The minimum Gasteiger partial charge on any atom is -0.388 e. The molecule has 5 nitrogen and oxygen atoms in total. The molecule has 1 aliphatic rings. The quantitative estimate of drug-likeness (QED) is 0.454. The van der Waals surface area contributed by atoms with Crippen molar-refractivity contribution < 1.29 is 5.11 Å². The van der Waals surface area contributed by atoms with Gasteiger partial charge in [0.2, 0.25) is 0 Å². The van der Waals surface area contributed by atoms with E-state index in [1.165, 1.54) is 12.8 Å². The highest BCUT2D eigenvalue weighted by molar-refractivity contribution is 5.79. The maximum atomic E-state index is 10.2. The Labute approximate surface area is 146 Å². The van der Waals surface area contributed by atoms with Crippen LogP contribution < -0.4 is 10.6 Å². The van der Waals surface area contributed by atoms with Crippen LogP contribution in [0, 0.1) is 0 Å². The first-order valence-corrected chi connectivity index (χ1v) is 9.23. The van der Waals surface area contributed by atoms with Gasteiger partial charge in [-0.25, -0.2) is 0 Å². The summed E-state index contributed by atoms with van der Waals surface area (Å²) in [5, 5.41) is 16.9. The third-order valence-corrected chi connectivity index (χ3v) is 4.36. The second-order valence-corrected chi connectivity index (χ2v) is 6.26. The third-order valence-electron chi connectivity index (χ3n) is 4.36. The number of benzene rings is 1. The summed E-state index contributed by atoms with van der Waals surface area (Å²) in [4.78, 5) is 7.10. The van der Waals surface area contributed by atoms with Crippen molar-refractivity contribution >= 4 is 5.96 Å². The maximum Gasteiger partial charge on any atom is 0.191 e. The van der Waals surface area contributed by atoms with Crippen molar-refractivity contribution in [3.05, 3.63) is 35.9 Å². The topological polar surface area (TPSA) is 59.9 Å². The Hall–Kier alpha value is -1.59. The van der Waals surface area contributed by atoms with E-state index >= 15 is 0 Å². The van der Waals surface area contributed by atoms with Gasteiger partial charge < -0.3 is 15.7 Å². The minimum atomic E-state index is -0.455. The van der Waals surface area contributed by atoms with Crippen LogP contribution in [0.2, 0.25) is 0 Å². The molecule has 2 rings (SSSR count). The molecule has 1 fully saturated rings. The predicted molar refractivity (Wildman–Crippen MR) is 100 cm³/mol. The lowest BCUT2D eigenvalue weighted by Crippen LogP contribution is -2.42. The van der Waals surface area contributed by atoms with E-state index in [2.05, 4.69) is 34.4 Å². The monoisotopic (exact) mass is 332 g/mol. The molecule has 1 atom stereocenters. The van der Waals surface area contributed by atoms with Gasteiger partial charge in [-0.05, 0) is 38.3 Å². The average Bonchev–Trinajstić information content (AvgIpc) is 3.44. The molecular weight excluding hydrogens is 300 g/mol. The molecule has 0 amide bonds. The normalized spacial score (nSPS) is 16.2. The Bertz CT molecular complexity index is 487. The van der Waals surface area contributed by atoms with Crippen LogP contribution in [0.3, 0.4) is 0 Å². The first-order valence-electron chi connectivity index (χ1n) is 9.23. The molecule has 134 valence electrons. The van der Waals surface area contributed by atoms with Crippen LogP contribution >= 0.6 is 0 Å². The highest BCUT2D eigenvalue weighted by Crippen LogP contribution is 2.25. The summed E-state index contributed by atoms with van der Waals surface area (Å²) in [6.45, 7) is 8.80. The van der Waals surface area contributed by atoms with Gasteiger partial charge >= 0.3 is 0 Å². The third kappa shape index (κ3) is 6.49. The molecule has 24 heavy (non-hydrogen) atoms. The van der Waals surface area contributed by atoms with Gasteiger partial charge in [0.05, 0.1) is 6.10 Å². The summed E-state index contributed by atoms with van der Waals surface area (Å²) in [6, 6.07) is 10.6. The number of hydrogen-bond donors (Lipinski definition) is 3. The highest BCUT2D eigenvalue weighted by atomic mass is 16.3. The molecule has 3 N–H and O–H groups in total. The number of rotatable bonds is 10. The number of nitrogens with one attached hydrogen (secondary N) is 2. The van der Waals surface area contributed by atoms with Crippen molar-refractivity contribution in [3.8, 4) is 0 Å². The number of guanidine groups is 1. The lowest BCUT2D eigenvalue weighted by molar-refractivity contribution is 0.170. The van der Waals surface area contributed by atoms with E-state index in [1.807, 2.05) is 30.3 Å². The molecule has 1 unspecified atom stereocenters. The summed E-state index contributed by atoms with van der Waals surface area (Å²) in [5.41, 5.74) is 0.952. The molecular formula is C19H32N4O. The molecule has 1 aromatic rings. The molecule has 0 saturated heterocycles. The summed E-state index contributed by atoms with van der Waals surface area (Å²) >= 11 is 0. The number of aliphatic imine (C=N–C) groups is 1. The first-order chi connectivity index (χ1) is 11.7. The fourth-order valence-electron chi connectivity index (χ4n) is 2.84. The Morgan fingerprint density at radius 1 is 1.25 bits per heavy atom. The second-order valence-electron chi connectivity index (χ2n) is 6.26. The summed E-state index contributed by atoms with van der Waals surface area (Å²) in [6.07, 6.45) is 2.87. The van der Waals surface area contributed by atoms with Crippen LogP contribution in [0.25, 0.3) is 0 Å². The second kappa shape index (κ2) is 10.3. The van der Waals surface area contributed by atoms with E-state index in [0.717, 1.165) is 43.7 Å². The zero-order valence-electron chi connectivity index (χ0n) is 15.0. The smallest absolute Gasteiger partial charge is 0.191 e. The van der Waals surface area contributed by atoms with Crippen LogP contribution in [-0.4, -0.2) is 54.7 Å². The van der Waals surface area contributed by atoms with Crippen molar-refractivity contribution in [2.75, 3.05) is 32.7 Å².